The second kappa shape index (κ2) is 9.86. The monoisotopic (exact) mass is 439 g/mol. The highest BCUT2D eigenvalue weighted by atomic mass is 16.5. The molecular formula is C24H33N5O3. The van der Waals surface area contributed by atoms with Crippen LogP contribution >= 0.6 is 0 Å². The summed E-state index contributed by atoms with van der Waals surface area (Å²) in [6.45, 7) is 7.40. The van der Waals surface area contributed by atoms with E-state index in [0.29, 0.717) is 44.2 Å². The molecule has 172 valence electrons. The Kier molecular flexibility index (Phi) is 6.95. The summed E-state index contributed by atoms with van der Waals surface area (Å²) in [6, 6.07) is 2.42. The number of nitrogens with zero attached hydrogens (tertiary/aromatic N) is 4. The van der Waals surface area contributed by atoms with Crippen LogP contribution in [0, 0.1) is 11.3 Å². The number of anilines is 1. The summed E-state index contributed by atoms with van der Waals surface area (Å²) in [7, 11) is 0. The van der Waals surface area contributed by atoms with Crippen molar-refractivity contribution in [3.63, 3.8) is 0 Å². The van der Waals surface area contributed by atoms with Crippen LogP contribution in [-0.2, 0) is 27.2 Å². The number of hydrogen-bond acceptors (Lipinski definition) is 6. The Labute approximate surface area is 189 Å². The maximum absolute atomic E-state index is 12.6. The number of piperazine rings is 1. The summed E-state index contributed by atoms with van der Waals surface area (Å²) in [5.74, 6) is -0.0272. The molecule has 4 rings (SSSR count). The number of nitrogens with one attached hydrogen (secondary N) is 1. The van der Waals surface area contributed by atoms with E-state index in [1.807, 2.05) is 0 Å². The normalized spacial score (nSPS) is 20.8. The first-order valence-electron chi connectivity index (χ1n) is 11.9. The third-order valence-electron chi connectivity index (χ3n) is 6.76. The first-order valence-corrected chi connectivity index (χ1v) is 11.9. The first-order chi connectivity index (χ1) is 15.5. The van der Waals surface area contributed by atoms with Gasteiger partial charge in [-0.2, -0.15) is 5.26 Å². The molecule has 1 N–H and O–H groups in total. The van der Waals surface area contributed by atoms with Gasteiger partial charge in [0.2, 0.25) is 0 Å². The van der Waals surface area contributed by atoms with Crippen LogP contribution in [0.15, 0.2) is 0 Å². The largest absolute Gasteiger partial charge is 0.376 e. The van der Waals surface area contributed by atoms with Crippen LogP contribution in [-0.4, -0.2) is 67.1 Å². The fourth-order valence-electron chi connectivity index (χ4n) is 5.01. The van der Waals surface area contributed by atoms with Crippen molar-refractivity contribution in [2.45, 2.75) is 64.4 Å². The lowest BCUT2D eigenvalue weighted by molar-refractivity contribution is -0.146. The number of fused-ring (bicyclic) bond motifs is 1. The van der Waals surface area contributed by atoms with E-state index in [4.69, 9.17) is 9.72 Å². The van der Waals surface area contributed by atoms with Gasteiger partial charge in [0, 0.05) is 45.0 Å². The zero-order chi connectivity index (χ0) is 22.7. The van der Waals surface area contributed by atoms with Gasteiger partial charge in [-0.1, -0.05) is 13.8 Å². The Morgan fingerprint density at radius 1 is 1.16 bits per heavy atom. The molecule has 8 heteroatoms. The molecule has 1 aromatic heterocycles. The Balaban J connectivity index is 1.43. The van der Waals surface area contributed by atoms with Crippen LogP contribution < -0.4 is 10.2 Å². The molecule has 3 heterocycles. The minimum Gasteiger partial charge on any atom is -0.376 e. The number of carbonyl (C=O) groups excluding carboxylic acids is 2. The first kappa shape index (κ1) is 22.5. The van der Waals surface area contributed by atoms with E-state index >= 15 is 0 Å². The van der Waals surface area contributed by atoms with E-state index in [1.54, 1.807) is 4.90 Å². The predicted octanol–water partition coefficient (Wildman–Crippen LogP) is 1.90. The Morgan fingerprint density at radius 3 is 2.50 bits per heavy atom. The molecule has 32 heavy (non-hydrogen) atoms. The minimum atomic E-state index is -0.569. The van der Waals surface area contributed by atoms with Crippen molar-refractivity contribution in [3.8, 4) is 6.07 Å². The van der Waals surface area contributed by atoms with Crippen LogP contribution in [0.3, 0.4) is 0 Å². The molecule has 2 saturated heterocycles. The molecular weight excluding hydrogens is 406 g/mol. The smallest absolute Gasteiger partial charge is 0.312 e. The van der Waals surface area contributed by atoms with Gasteiger partial charge in [-0.25, -0.2) is 4.98 Å². The molecule has 2 aliphatic heterocycles. The van der Waals surface area contributed by atoms with Gasteiger partial charge in [-0.3, -0.25) is 9.59 Å². The van der Waals surface area contributed by atoms with Crippen LogP contribution in [0.1, 0.15) is 67.8 Å². The molecule has 0 spiro atoms. The highest BCUT2D eigenvalue weighted by molar-refractivity contribution is 6.35. The van der Waals surface area contributed by atoms with E-state index in [1.165, 1.54) is 11.1 Å². The number of ether oxygens (including phenoxy) is 1. The Hall–Kier alpha value is -2.66. The molecule has 0 aromatic carbocycles. The quantitative estimate of drug-likeness (QED) is 0.720. The lowest BCUT2D eigenvalue weighted by atomic mass is 9.85. The lowest BCUT2D eigenvalue weighted by Gasteiger charge is -2.36. The van der Waals surface area contributed by atoms with Gasteiger partial charge in [0.15, 0.2) is 0 Å². The minimum absolute atomic E-state index is 0.0123. The number of rotatable bonds is 4. The van der Waals surface area contributed by atoms with Crippen molar-refractivity contribution >= 4 is 17.6 Å². The van der Waals surface area contributed by atoms with Gasteiger partial charge in [0.25, 0.3) is 0 Å². The van der Waals surface area contributed by atoms with Crippen molar-refractivity contribution in [2.75, 3.05) is 44.2 Å². The summed E-state index contributed by atoms with van der Waals surface area (Å²) in [5, 5.41) is 12.7. The van der Waals surface area contributed by atoms with Crippen molar-refractivity contribution in [1.29, 1.82) is 5.26 Å². The number of amides is 2. The summed E-state index contributed by atoms with van der Waals surface area (Å²) in [5.41, 5.74) is 4.22. The highest BCUT2D eigenvalue weighted by Gasteiger charge is 2.30. The number of pyridine rings is 1. The van der Waals surface area contributed by atoms with E-state index in [2.05, 4.69) is 30.1 Å². The van der Waals surface area contributed by atoms with Crippen molar-refractivity contribution in [3.05, 3.63) is 22.4 Å². The molecule has 1 atom stereocenters. The number of hydrogen-bond donors (Lipinski definition) is 1. The molecule has 2 amide bonds. The lowest BCUT2D eigenvalue weighted by Crippen LogP contribution is -2.53. The second-order valence-corrected chi connectivity index (χ2v) is 9.25. The number of nitriles is 1. The average molecular weight is 440 g/mol. The van der Waals surface area contributed by atoms with Crippen LogP contribution in [0.25, 0.3) is 0 Å². The van der Waals surface area contributed by atoms with E-state index in [0.717, 1.165) is 56.6 Å². The van der Waals surface area contributed by atoms with Gasteiger partial charge in [-0.05, 0) is 55.6 Å². The van der Waals surface area contributed by atoms with Crippen molar-refractivity contribution < 1.29 is 14.3 Å². The van der Waals surface area contributed by atoms with Gasteiger partial charge >= 0.3 is 11.8 Å². The summed E-state index contributed by atoms with van der Waals surface area (Å²) < 4.78 is 5.50. The molecule has 1 aliphatic carbocycles. The molecule has 8 nitrogen and oxygen atoms in total. The van der Waals surface area contributed by atoms with E-state index < -0.39 is 11.8 Å². The fraction of sp³-hybridized carbons (Fsp3) is 0.667. The fourth-order valence-corrected chi connectivity index (χ4v) is 5.01. The third-order valence-corrected chi connectivity index (χ3v) is 6.76. The highest BCUT2D eigenvalue weighted by Crippen LogP contribution is 2.35. The molecule has 1 aromatic rings. The Bertz CT molecular complexity index is 909. The molecule has 0 unspecified atom stereocenters. The number of aromatic nitrogens is 1. The maximum Gasteiger partial charge on any atom is 0.312 e. The molecule has 0 radical (unpaired) electrons. The van der Waals surface area contributed by atoms with Crippen LogP contribution in [0.5, 0.6) is 0 Å². The number of carbonyl (C=O) groups is 2. The van der Waals surface area contributed by atoms with Gasteiger partial charge in [-0.15, -0.1) is 0 Å². The maximum atomic E-state index is 12.6. The zero-order valence-corrected chi connectivity index (χ0v) is 19.2. The van der Waals surface area contributed by atoms with Crippen LogP contribution in [0.2, 0.25) is 0 Å². The van der Waals surface area contributed by atoms with Gasteiger partial charge < -0.3 is 19.9 Å². The van der Waals surface area contributed by atoms with E-state index in [-0.39, 0.29) is 6.10 Å². The SMILES string of the molecule is CC(C)c1nc(N2CCN(C(=O)C(=O)NC[C@@H]3CCCO3)CC2)c(C#N)c2c1CCCC2. The van der Waals surface area contributed by atoms with Gasteiger partial charge in [0.1, 0.15) is 11.9 Å². The third kappa shape index (κ3) is 4.58. The summed E-state index contributed by atoms with van der Waals surface area (Å²) in [6.07, 6.45) is 6.10. The zero-order valence-electron chi connectivity index (χ0n) is 19.2. The molecule has 3 aliphatic rings. The molecule has 2 fully saturated rings. The Morgan fingerprint density at radius 2 is 1.88 bits per heavy atom. The molecule has 0 saturated carbocycles. The summed E-state index contributed by atoms with van der Waals surface area (Å²) in [4.78, 5) is 33.6. The van der Waals surface area contributed by atoms with Crippen molar-refractivity contribution in [1.82, 2.24) is 15.2 Å². The van der Waals surface area contributed by atoms with Gasteiger partial charge in [0.05, 0.1) is 11.7 Å². The van der Waals surface area contributed by atoms with E-state index in [9.17, 15) is 14.9 Å². The predicted molar refractivity (Wildman–Crippen MR) is 120 cm³/mol. The second-order valence-electron chi connectivity index (χ2n) is 9.25. The van der Waals surface area contributed by atoms with Crippen molar-refractivity contribution in [2.24, 2.45) is 0 Å². The molecule has 0 bridgehead atoms. The standard InChI is InChI=1S/C24H33N5O3/c1-16(2)21-19-8-4-3-7-18(19)20(14-25)22(27-21)28-9-11-29(12-10-28)24(31)23(30)26-15-17-6-5-13-32-17/h16-17H,3-13,15H2,1-2H3,(H,26,30)/t17-/m0/s1. The average Bonchev–Trinajstić information content (AvgIpc) is 3.34. The topological polar surface area (TPSA) is 98.6 Å². The van der Waals surface area contributed by atoms with Crippen LogP contribution in [0.4, 0.5) is 5.82 Å². The summed E-state index contributed by atoms with van der Waals surface area (Å²) >= 11 is 0.